The minimum absolute atomic E-state index is 0.174. The number of aromatic nitrogens is 4. The molecule has 0 radical (unpaired) electrons. The molecule has 4 heterocycles. The molecule has 1 aromatic carbocycles. The molecule has 0 saturated carbocycles. The minimum Gasteiger partial charge on any atom is -0.383 e. The molecule has 1 aliphatic rings. The Morgan fingerprint density at radius 3 is 2.89 bits per heavy atom. The van der Waals surface area contributed by atoms with Crippen LogP contribution in [-0.4, -0.2) is 19.1 Å². The summed E-state index contributed by atoms with van der Waals surface area (Å²) in [5.41, 5.74) is 10.6. The maximum Gasteiger partial charge on any atom is 0.146 e. The van der Waals surface area contributed by atoms with Crippen LogP contribution in [0.25, 0.3) is 39.0 Å². The molecule has 0 fully saturated rings. The van der Waals surface area contributed by atoms with E-state index in [1.165, 1.54) is 12.4 Å². The van der Waals surface area contributed by atoms with Crippen molar-refractivity contribution < 1.29 is 4.39 Å². The van der Waals surface area contributed by atoms with Gasteiger partial charge in [-0.25, -0.2) is 14.4 Å². The average molecular weight is 362 g/mol. The van der Waals surface area contributed by atoms with Gasteiger partial charge in [-0.15, -0.1) is 0 Å². The number of nitrogens with one attached hydrogen (secondary N) is 1. The molecule has 0 bridgehead atoms. The molecule has 3 aromatic heterocycles. The van der Waals surface area contributed by atoms with Crippen molar-refractivity contribution in [2.24, 2.45) is 0 Å². The van der Waals surface area contributed by atoms with E-state index in [-0.39, 0.29) is 11.9 Å². The van der Waals surface area contributed by atoms with Crippen LogP contribution in [0.5, 0.6) is 0 Å². The van der Waals surface area contributed by atoms with Crippen molar-refractivity contribution in [1.82, 2.24) is 24.4 Å². The number of hydrogen-bond donors (Lipinski definition) is 2. The SMILES string of the molecule is C=C1NCc2c(c3c(N)ncnc3n2C(C)C)-c2cc3c(F)cccc3n21. The van der Waals surface area contributed by atoms with Crippen LogP contribution in [0.2, 0.25) is 0 Å². The van der Waals surface area contributed by atoms with Crippen molar-refractivity contribution in [2.75, 3.05) is 5.73 Å². The van der Waals surface area contributed by atoms with Crippen molar-refractivity contribution in [2.45, 2.75) is 26.4 Å². The lowest BCUT2D eigenvalue weighted by atomic mass is 10.1. The number of nitrogens with two attached hydrogens (primary N) is 1. The number of anilines is 1. The first-order chi connectivity index (χ1) is 13.0. The Balaban J connectivity index is 2.01. The summed E-state index contributed by atoms with van der Waals surface area (Å²) in [4.78, 5) is 8.71. The van der Waals surface area contributed by atoms with Gasteiger partial charge in [0, 0.05) is 22.7 Å². The van der Waals surface area contributed by atoms with Crippen LogP contribution in [-0.2, 0) is 6.54 Å². The molecule has 136 valence electrons. The van der Waals surface area contributed by atoms with E-state index >= 15 is 0 Å². The minimum atomic E-state index is -0.265. The first kappa shape index (κ1) is 15.9. The topological polar surface area (TPSA) is 73.7 Å². The molecular weight excluding hydrogens is 343 g/mol. The average Bonchev–Trinajstić information content (AvgIpc) is 3.13. The maximum absolute atomic E-state index is 14.5. The number of halogens is 1. The van der Waals surface area contributed by atoms with E-state index in [1.54, 1.807) is 6.07 Å². The summed E-state index contributed by atoms with van der Waals surface area (Å²) < 4.78 is 18.6. The fraction of sp³-hybridized carbons (Fsp3) is 0.200. The van der Waals surface area contributed by atoms with E-state index < -0.39 is 0 Å². The Hall–Kier alpha value is -3.35. The summed E-state index contributed by atoms with van der Waals surface area (Å²) in [6.07, 6.45) is 1.48. The second-order valence-corrected chi connectivity index (χ2v) is 7.08. The number of nitrogen functional groups attached to an aromatic ring is 1. The predicted octanol–water partition coefficient (Wildman–Crippen LogP) is 3.89. The standard InChI is InChI=1S/C20H19FN6/c1-10(2)26-16-8-23-11(3)27-14-6-4-5-13(21)12(14)7-15(27)17(16)18-19(22)24-9-25-20(18)26/h4-7,9-10,23H,3,8H2,1-2H3,(H2,22,24,25). The van der Waals surface area contributed by atoms with Crippen molar-refractivity contribution >= 4 is 33.6 Å². The zero-order valence-electron chi connectivity index (χ0n) is 15.1. The third-order valence-corrected chi connectivity index (χ3v) is 5.21. The predicted molar refractivity (Wildman–Crippen MR) is 105 cm³/mol. The van der Waals surface area contributed by atoms with Gasteiger partial charge in [0.25, 0.3) is 0 Å². The Labute approximate surface area is 155 Å². The molecule has 0 unspecified atom stereocenters. The fourth-order valence-electron chi connectivity index (χ4n) is 4.14. The number of rotatable bonds is 1. The van der Waals surface area contributed by atoms with Crippen LogP contribution in [0.15, 0.2) is 37.2 Å². The fourth-order valence-corrected chi connectivity index (χ4v) is 4.14. The number of nitrogens with zero attached hydrogens (tertiary/aromatic N) is 4. The summed E-state index contributed by atoms with van der Waals surface area (Å²) in [6, 6.07) is 7.10. The maximum atomic E-state index is 14.5. The van der Waals surface area contributed by atoms with Crippen molar-refractivity contribution in [3.05, 3.63) is 48.7 Å². The van der Waals surface area contributed by atoms with E-state index in [2.05, 4.69) is 40.3 Å². The molecule has 7 heteroatoms. The van der Waals surface area contributed by atoms with Crippen LogP contribution in [0.1, 0.15) is 25.6 Å². The van der Waals surface area contributed by atoms with Crippen molar-refractivity contribution in [1.29, 1.82) is 0 Å². The summed E-state index contributed by atoms with van der Waals surface area (Å²) >= 11 is 0. The molecule has 0 spiro atoms. The van der Waals surface area contributed by atoms with Gasteiger partial charge in [0.15, 0.2) is 0 Å². The first-order valence-corrected chi connectivity index (χ1v) is 8.85. The van der Waals surface area contributed by atoms with Gasteiger partial charge in [-0.2, -0.15) is 0 Å². The van der Waals surface area contributed by atoms with Gasteiger partial charge in [-0.05, 0) is 32.0 Å². The molecule has 3 N–H and O–H groups in total. The van der Waals surface area contributed by atoms with Gasteiger partial charge >= 0.3 is 0 Å². The second kappa shape index (κ2) is 5.33. The zero-order chi connectivity index (χ0) is 18.9. The Bertz CT molecular complexity index is 1250. The highest BCUT2D eigenvalue weighted by atomic mass is 19.1. The highest BCUT2D eigenvalue weighted by Gasteiger charge is 2.29. The third kappa shape index (κ3) is 1.99. The summed E-state index contributed by atoms with van der Waals surface area (Å²) in [6.45, 7) is 8.94. The monoisotopic (exact) mass is 362 g/mol. The second-order valence-electron chi connectivity index (χ2n) is 7.08. The Morgan fingerprint density at radius 1 is 1.30 bits per heavy atom. The molecule has 6 nitrogen and oxygen atoms in total. The highest BCUT2D eigenvalue weighted by molar-refractivity contribution is 6.05. The van der Waals surface area contributed by atoms with Gasteiger partial charge < -0.3 is 15.6 Å². The Morgan fingerprint density at radius 2 is 2.11 bits per heavy atom. The van der Waals surface area contributed by atoms with Gasteiger partial charge in [0.2, 0.25) is 0 Å². The van der Waals surface area contributed by atoms with E-state index in [4.69, 9.17) is 5.73 Å². The Kier molecular flexibility index (Phi) is 3.13. The molecule has 27 heavy (non-hydrogen) atoms. The molecular formula is C20H19FN6. The molecule has 0 amide bonds. The largest absolute Gasteiger partial charge is 0.383 e. The summed E-state index contributed by atoms with van der Waals surface area (Å²) in [5, 5.41) is 4.71. The molecule has 0 aliphatic carbocycles. The van der Waals surface area contributed by atoms with Crippen molar-refractivity contribution in [3.63, 3.8) is 0 Å². The van der Waals surface area contributed by atoms with E-state index in [0.717, 1.165) is 33.5 Å². The lowest BCUT2D eigenvalue weighted by molar-refractivity contribution is 0.583. The van der Waals surface area contributed by atoms with Crippen molar-refractivity contribution in [3.8, 4) is 11.3 Å². The van der Waals surface area contributed by atoms with Crippen LogP contribution >= 0.6 is 0 Å². The van der Waals surface area contributed by atoms with Crippen LogP contribution in [0, 0.1) is 5.82 Å². The normalized spacial score (nSPS) is 13.7. The van der Waals surface area contributed by atoms with Crippen LogP contribution in [0.3, 0.4) is 0 Å². The molecule has 4 aromatic rings. The van der Waals surface area contributed by atoms with Gasteiger partial charge in [-0.1, -0.05) is 12.6 Å². The quantitative estimate of drug-likeness (QED) is 0.539. The summed E-state index contributed by atoms with van der Waals surface area (Å²) in [7, 11) is 0. The van der Waals surface area contributed by atoms with Gasteiger partial charge in [0.1, 0.15) is 29.4 Å². The van der Waals surface area contributed by atoms with Crippen LogP contribution in [0.4, 0.5) is 10.2 Å². The third-order valence-electron chi connectivity index (χ3n) is 5.21. The molecule has 0 saturated heterocycles. The lowest BCUT2D eigenvalue weighted by Gasteiger charge is -2.15. The van der Waals surface area contributed by atoms with Gasteiger partial charge in [0.05, 0.1) is 23.1 Å². The van der Waals surface area contributed by atoms with Gasteiger partial charge in [-0.3, -0.25) is 4.57 Å². The smallest absolute Gasteiger partial charge is 0.146 e. The zero-order valence-corrected chi connectivity index (χ0v) is 15.1. The summed E-state index contributed by atoms with van der Waals surface area (Å²) in [5.74, 6) is 0.848. The van der Waals surface area contributed by atoms with E-state index in [9.17, 15) is 4.39 Å². The van der Waals surface area contributed by atoms with E-state index in [0.29, 0.717) is 23.6 Å². The number of benzene rings is 1. The molecule has 1 aliphatic heterocycles. The van der Waals surface area contributed by atoms with E-state index in [1.807, 2.05) is 16.7 Å². The highest BCUT2D eigenvalue weighted by Crippen LogP contribution is 2.43. The first-order valence-electron chi connectivity index (χ1n) is 8.85. The number of hydrogen-bond acceptors (Lipinski definition) is 4. The molecule has 5 rings (SSSR count). The molecule has 0 atom stereocenters. The lowest BCUT2D eigenvalue weighted by Crippen LogP contribution is -2.17. The number of fused-ring (bicyclic) bond motifs is 7. The van der Waals surface area contributed by atoms with Crippen LogP contribution < -0.4 is 11.1 Å².